The van der Waals surface area contributed by atoms with Gasteiger partial charge in [0, 0.05) is 29.9 Å². The molecule has 0 fully saturated rings. The van der Waals surface area contributed by atoms with E-state index in [1.165, 1.54) is 40.0 Å². The molecule has 2 heterocycles. The van der Waals surface area contributed by atoms with E-state index in [4.69, 9.17) is 0 Å². The van der Waals surface area contributed by atoms with Crippen molar-refractivity contribution in [2.45, 2.75) is 6.54 Å². The van der Waals surface area contributed by atoms with Crippen LogP contribution in [0.2, 0.25) is 0 Å². The van der Waals surface area contributed by atoms with Crippen LogP contribution in [-0.4, -0.2) is 33.8 Å². The number of nitrogens with one attached hydrogen (secondary N) is 1. The standard InChI is InChI=1S/C16H15FN4O2S/c1-20(10-14(22)18-12-4-2-3-11(17)7-12)9-13-8-15(23)21-5-6-24-16(21)19-13/h2-8H,9-10H2,1H3,(H,18,22). The quantitative estimate of drug-likeness (QED) is 0.767. The second-order valence-electron chi connectivity index (χ2n) is 5.37. The van der Waals surface area contributed by atoms with Crippen LogP contribution < -0.4 is 10.9 Å². The predicted molar refractivity (Wildman–Crippen MR) is 90.7 cm³/mol. The smallest absolute Gasteiger partial charge is 0.258 e. The first-order valence-electron chi connectivity index (χ1n) is 7.21. The van der Waals surface area contributed by atoms with E-state index in [1.54, 1.807) is 29.6 Å². The number of nitrogens with zero attached hydrogens (tertiary/aromatic N) is 3. The maximum atomic E-state index is 13.1. The number of carbonyl (C=O) groups is 1. The molecule has 0 saturated heterocycles. The second-order valence-corrected chi connectivity index (χ2v) is 6.25. The second kappa shape index (κ2) is 6.90. The zero-order chi connectivity index (χ0) is 17.1. The van der Waals surface area contributed by atoms with Gasteiger partial charge in [0.05, 0.1) is 12.2 Å². The molecule has 0 aliphatic rings. The van der Waals surface area contributed by atoms with Gasteiger partial charge in [-0.15, -0.1) is 11.3 Å². The number of carbonyl (C=O) groups excluding carboxylic acids is 1. The van der Waals surface area contributed by atoms with Crippen molar-refractivity contribution in [3.8, 4) is 0 Å². The van der Waals surface area contributed by atoms with Gasteiger partial charge >= 0.3 is 0 Å². The number of hydrogen-bond acceptors (Lipinski definition) is 5. The van der Waals surface area contributed by atoms with Crippen LogP contribution >= 0.6 is 11.3 Å². The Kier molecular flexibility index (Phi) is 4.68. The van der Waals surface area contributed by atoms with Gasteiger partial charge in [-0.05, 0) is 25.2 Å². The lowest BCUT2D eigenvalue weighted by Gasteiger charge is -2.15. The monoisotopic (exact) mass is 346 g/mol. The molecule has 124 valence electrons. The molecule has 0 saturated carbocycles. The Morgan fingerprint density at radius 2 is 2.25 bits per heavy atom. The van der Waals surface area contributed by atoms with Crippen molar-refractivity contribution in [3.63, 3.8) is 0 Å². The highest BCUT2D eigenvalue weighted by molar-refractivity contribution is 7.15. The van der Waals surface area contributed by atoms with Crippen molar-refractivity contribution < 1.29 is 9.18 Å². The summed E-state index contributed by atoms with van der Waals surface area (Å²) in [6, 6.07) is 7.18. The Morgan fingerprint density at radius 3 is 3.04 bits per heavy atom. The van der Waals surface area contributed by atoms with Gasteiger partial charge in [-0.25, -0.2) is 9.37 Å². The van der Waals surface area contributed by atoms with Crippen molar-refractivity contribution in [2.75, 3.05) is 18.9 Å². The molecule has 1 aromatic carbocycles. The van der Waals surface area contributed by atoms with Gasteiger partial charge in [-0.2, -0.15) is 0 Å². The van der Waals surface area contributed by atoms with Gasteiger partial charge in [0.15, 0.2) is 4.96 Å². The van der Waals surface area contributed by atoms with Crippen molar-refractivity contribution in [1.82, 2.24) is 14.3 Å². The number of amides is 1. The molecule has 1 amide bonds. The third kappa shape index (κ3) is 3.84. The minimum Gasteiger partial charge on any atom is -0.325 e. The first-order chi connectivity index (χ1) is 11.5. The lowest BCUT2D eigenvalue weighted by atomic mass is 10.3. The summed E-state index contributed by atoms with van der Waals surface area (Å²) in [5.74, 6) is -0.674. The fourth-order valence-electron chi connectivity index (χ4n) is 2.31. The summed E-state index contributed by atoms with van der Waals surface area (Å²) in [4.78, 5) is 30.7. The number of thiazole rings is 1. The van der Waals surface area contributed by atoms with Crippen molar-refractivity contribution in [3.05, 3.63) is 63.8 Å². The molecular weight excluding hydrogens is 331 g/mol. The number of benzene rings is 1. The number of aromatic nitrogens is 2. The van der Waals surface area contributed by atoms with E-state index in [1.807, 2.05) is 0 Å². The average molecular weight is 346 g/mol. The molecule has 0 aliphatic carbocycles. The summed E-state index contributed by atoms with van der Waals surface area (Å²) in [7, 11) is 1.75. The Bertz CT molecular complexity index is 937. The summed E-state index contributed by atoms with van der Waals surface area (Å²) in [5.41, 5.74) is 0.863. The number of halogens is 1. The molecule has 0 aliphatic heterocycles. The van der Waals surface area contributed by atoms with Crippen LogP contribution in [0.5, 0.6) is 0 Å². The lowest BCUT2D eigenvalue weighted by molar-refractivity contribution is -0.117. The molecule has 0 spiro atoms. The first kappa shape index (κ1) is 16.3. The highest BCUT2D eigenvalue weighted by Gasteiger charge is 2.10. The molecule has 3 aromatic rings. The van der Waals surface area contributed by atoms with E-state index in [9.17, 15) is 14.0 Å². The molecule has 0 bridgehead atoms. The molecule has 6 nitrogen and oxygen atoms in total. The van der Waals surface area contributed by atoms with E-state index < -0.39 is 5.82 Å². The fraction of sp³-hybridized carbons (Fsp3) is 0.188. The summed E-state index contributed by atoms with van der Waals surface area (Å²) in [6.45, 7) is 0.461. The van der Waals surface area contributed by atoms with Crippen LogP contribution in [0.15, 0.2) is 46.7 Å². The third-order valence-electron chi connectivity index (χ3n) is 3.31. The van der Waals surface area contributed by atoms with E-state index >= 15 is 0 Å². The highest BCUT2D eigenvalue weighted by Crippen LogP contribution is 2.10. The molecule has 0 atom stereocenters. The largest absolute Gasteiger partial charge is 0.325 e. The summed E-state index contributed by atoms with van der Waals surface area (Å²) < 4.78 is 14.6. The minimum absolute atomic E-state index is 0.0992. The van der Waals surface area contributed by atoms with Gasteiger partial charge in [-0.1, -0.05) is 6.07 Å². The molecule has 24 heavy (non-hydrogen) atoms. The Labute approximate surface area is 141 Å². The molecule has 1 N–H and O–H groups in total. The van der Waals surface area contributed by atoms with Gasteiger partial charge in [-0.3, -0.25) is 18.9 Å². The van der Waals surface area contributed by atoms with Crippen LogP contribution in [0.3, 0.4) is 0 Å². The number of anilines is 1. The maximum Gasteiger partial charge on any atom is 0.258 e. The van der Waals surface area contributed by atoms with E-state index in [0.29, 0.717) is 22.9 Å². The normalized spacial score (nSPS) is 11.1. The van der Waals surface area contributed by atoms with Crippen LogP contribution in [-0.2, 0) is 11.3 Å². The molecule has 3 rings (SSSR count). The number of likely N-dealkylation sites (N-methyl/N-ethyl adjacent to an activating group) is 1. The molecule has 0 radical (unpaired) electrons. The first-order valence-corrected chi connectivity index (χ1v) is 8.09. The van der Waals surface area contributed by atoms with Gasteiger partial charge in [0.2, 0.25) is 5.91 Å². The molecule has 2 aromatic heterocycles. The summed E-state index contributed by atoms with van der Waals surface area (Å²) in [5, 5.41) is 4.43. The van der Waals surface area contributed by atoms with Crippen LogP contribution in [0.25, 0.3) is 4.96 Å². The molecule has 0 unspecified atom stereocenters. The summed E-state index contributed by atoms with van der Waals surface area (Å²) in [6.07, 6.45) is 1.68. The topological polar surface area (TPSA) is 66.7 Å². The van der Waals surface area contributed by atoms with E-state index in [2.05, 4.69) is 10.3 Å². The molecular formula is C16H15FN4O2S. The maximum absolute atomic E-state index is 13.1. The van der Waals surface area contributed by atoms with Gasteiger partial charge in [0.25, 0.3) is 5.56 Å². The van der Waals surface area contributed by atoms with E-state index in [0.717, 1.165) is 0 Å². The lowest BCUT2D eigenvalue weighted by Crippen LogP contribution is -2.30. The highest BCUT2D eigenvalue weighted by atomic mass is 32.1. The van der Waals surface area contributed by atoms with Crippen LogP contribution in [0.1, 0.15) is 5.69 Å². The Hall–Kier alpha value is -2.58. The molecule has 8 heteroatoms. The Balaban J connectivity index is 1.62. The zero-order valence-electron chi connectivity index (χ0n) is 12.9. The van der Waals surface area contributed by atoms with Crippen LogP contribution in [0, 0.1) is 5.82 Å². The predicted octanol–water partition coefficient (Wildman–Crippen LogP) is 1.97. The number of fused-ring (bicyclic) bond motifs is 1. The summed E-state index contributed by atoms with van der Waals surface area (Å²) >= 11 is 1.38. The zero-order valence-corrected chi connectivity index (χ0v) is 13.7. The van der Waals surface area contributed by atoms with Crippen molar-refractivity contribution in [1.29, 1.82) is 0 Å². The number of hydrogen-bond donors (Lipinski definition) is 1. The minimum atomic E-state index is -0.407. The van der Waals surface area contributed by atoms with Gasteiger partial charge < -0.3 is 5.32 Å². The Morgan fingerprint density at radius 1 is 1.42 bits per heavy atom. The fourth-order valence-corrected chi connectivity index (χ4v) is 3.05. The van der Waals surface area contributed by atoms with Crippen molar-refractivity contribution in [2.24, 2.45) is 0 Å². The van der Waals surface area contributed by atoms with Gasteiger partial charge in [0.1, 0.15) is 5.82 Å². The number of rotatable bonds is 5. The third-order valence-corrected chi connectivity index (χ3v) is 4.07. The van der Waals surface area contributed by atoms with Crippen LogP contribution in [0.4, 0.5) is 10.1 Å². The average Bonchev–Trinajstić information content (AvgIpc) is 2.95. The van der Waals surface area contributed by atoms with E-state index in [-0.39, 0.29) is 18.0 Å². The SMILES string of the molecule is CN(CC(=O)Nc1cccc(F)c1)Cc1cc(=O)n2ccsc2n1. The van der Waals surface area contributed by atoms with Crippen molar-refractivity contribution >= 4 is 27.9 Å².